The molecule has 1 fully saturated rings. The van der Waals surface area contributed by atoms with Crippen LogP contribution in [0.4, 0.5) is 23.1 Å². The van der Waals surface area contributed by atoms with E-state index in [9.17, 15) is 14.9 Å². The largest absolute Gasteiger partial charge is 0.364 e. The Labute approximate surface area is 160 Å². The number of hydrogen-bond donors (Lipinski definition) is 2. The van der Waals surface area contributed by atoms with Gasteiger partial charge >= 0.3 is 5.69 Å². The van der Waals surface area contributed by atoms with E-state index in [2.05, 4.69) is 20.6 Å². The number of nitrogens with one attached hydrogen (secondary N) is 2. The number of benzene rings is 1. The van der Waals surface area contributed by atoms with E-state index in [1.54, 1.807) is 24.3 Å². The molecule has 1 saturated heterocycles. The second-order valence-electron chi connectivity index (χ2n) is 6.08. The SMILES string of the molecule is O=C1CCCN1CCCNc1nc(Nc2ccc(Cl)cc2)ncc1[N+](=O)[O-]. The highest BCUT2D eigenvalue weighted by Gasteiger charge is 2.20. The van der Waals surface area contributed by atoms with Gasteiger partial charge in [0.2, 0.25) is 17.7 Å². The van der Waals surface area contributed by atoms with Crippen molar-refractivity contribution in [3.63, 3.8) is 0 Å². The first kappa shape index (κ1) is 18.8. The van der Waals surface area contributed by atoms with E-state index >= 15 is 0 Å². The lowest BCUT2D eigenvalue weighted by atomic mass is 10.3. The molecule has 2 aromatic rings. The summed E-state index contributed by atoms with van der Waals surface area (Å²) >= 11 is 5.85. The van der Waals surface area contributed by atoms with Gasteiger partial charge in [0.25, 0.3) is 0 Å². The molecule has 0 spiro atoms. The van der Waals surface area contributed by atoms with Gasteiger partial charge in [0.05, 0.1) is 4.92 Å². The fourth-order valence-electron chi connectivity index (χ4n) is 2.78. The molecule has 1 aliphatic rings. The molecule has 0 aliphatic carbocycles. The predicted molar refractivity (Wildman–Crippen MR) is 102 cm³/mol. The zero-order valence-electron chi connectivity index (χ0n) is 14.5. The maximum atomic E-state index is 11.6. The van der Waals surface area contributed by atoms with Gasteiger partial charge in [-0.3, -0.25) is 14.9 Å². The highest BCUT2D eigenvalue weighted by molar-refractivity contribution is 6.30. The predicted octanol–water partition coefficient (Wildman–Crippen LogP) is 3.21. The van der Waals surface area contributed by atoms with Crippen molar-refractivity contribution >= 4 is 40.6 Å². The molecular formula is C17H19ClN6O3. The second kappa shape index (κ2) is 8.63. The van der Waals surface area contributed by atoms with E-state index in [4.69, 9.17) is 11.6 Å². The van der Waals surface area contributed by atoms with Crippen molar-refractivity contribution < 1.29 is 9.72 Å². The number of anilines is 3. The van der Waals surface area contributed by atoms with Crippen molar-refractivity contribution in [3.05, 3.63) is 45.6 Å². The van der Waals surface area contributed by atoms with Crippen LogP contribution in [0.2, 0.25) is 5.02 Å². The van der Waals surface area contributed by atoms with Crippen LogP contribution in [0.1, 0.15) is 19.3 Å². The number of nitrogens with zero attached hydrogens (tertiary/aromatic N) is 4. The fourth-order valence-corrected chi connectivity index (χ4v) is 2.90. The van der Waals surface area contributed by atoms with Gasteiger partial charge in [0.1, 0.15) is 6.20 Å². The summed E-state index contributed by atoms with van der Waals surface area (Å²) in [5, 5.41) is 17.8. The Hall–Kier alpha value is -2.94. The first-order chi connectivity index (χ1) is 13.0. The monoisotopic (exact) mass is 390 g/mol. The summed E-state index contributed by atoms with van der Waals surface area (Å²) in [4.78, 5) is 32.3. The molecule has 10 heteroatoms. The van der Waals surface area contributed by atoms with Gasteiger partial charge in [-0.2, -0.15) is 4.98 Å². The average Bonchev–Trinajstić information content (AvgIpc) is 3.05. The van der Waals surface area contributed by atoms with Gasteiger partial charge in [-0.25, -0.2) is 4.98 Å². The lowest BCUT2D eigenvalue weighted by molar-refractivity contribution is -0.384. The third-order valence-electron chi connectivity index (χ3n) is 4.14. The van der Waals surface area contributed by atoms with Crippen molar-refractivity contribution in [1.82, 2.24) is 14.9 Å². The van der Waals surface area contributed by atoms with Crippen molar-refractivity contribution in [3.8, 4) is 0 Å². The van der Waals surface area contributed by atoms with Crippen LogP contribution in [0.5, 0.6) is 0 Å². The van der Waals surface area contributed by atoms with Crippen molar-refractivity contribution in [2.75, 3.05) is 30.3 Å². The van der Waals surface area contributed by atoms with E-state index in [-0.39, 0.29) is 23.4 Å². The molecular weight excluding hydrogens is 372 g/mol. The zero-order valence-corrected chi connectivity index (χ0v) is 15.3. The van der Waals surface area contributed by atoms with Crippen LogP contribution in [0.3, 0.4) is 0 Å². The highest BCUT2D eigenvalue weighted by Crippen LogP contribution is 2.24. The van der Waals surface area contributed by atoms with Crippen molar-refractivity contribution in [2.24, 2.45) is 0 Å². The number of rotatable bonds is 8. The van der Waals surface area contributed by atoms with Gasteiger partial charge in [0, 0.05) is 36.8 Å². The molecule has 1 aromatic heterocycles. The summed E-state index contributed by atoms with van der Waals surface area (Å²) in [5.74, 6) is 0.539. The first-order valence-corrected chi connectivity index (χ1v) is 8.96. The molecule has 27 heavy (non-hydrogen) atoms. The highest BCUT2D eigenvalue weighted by atomic mass is 35.5. The Morgan fingerprint density at radius 3 is 2.74 bits per heavy atom. The van der Waals surface area contributed by atoms with Gasteiger partial charge in [-0.15, -0.1) is 0 Å². The lowest BCUT2D eigenvalue weighted by Gasteiger charge is -2.15. The molecule has 0 saturated carbocycles. The maximum absolute atomic E-state index is 11.6. The van der Waals surface area contributed by atoms with Crippen molar-refractivity contribution in [1.29, 1.82) is 0 Å². The summed E-state index contributed by atoms with van der Waals surface area (Å²) in [7, 11) is 0. The summed E-state index contributed by atoms with van der Waals surface area (Å²) in [5.41, 5.74) is 0.514. The summed E-state index contributed by atoms with van der Waals surface area (Å²) in [6.07, 6.45) is 3.33. The number of carbonyl (C=O) groups excluding carboxylic acids is 1. The van der Waals surface area contributed by atoms with Crippen LogP contribution in [0, 0.1) is 10.1 Å². The molecule has 3 rings (SSSR count). The summed E-state index contributed by atoms with van der Waals surface area (Å²) in [6, 6.07) is 6.95. The molecule has 9 nitrogen and oxygen atoms in total. The number of halogens is 1. The lowest BCUT2D eigenvalue weighted by Crippen LogP contribution is -2.27. The van der Waals surface area contributed by atoms with E-state index in [0.29, 0.717) is 36.6 Å². The minimum Gasteiger partial charge on any atom is -0.364 e. The topological polar surface area (TPSA) is 113 Å². The Bertz CT molecular complexity index is 830. The van der Waals surface area contributed by atoms with E-state index in [0.717, 1.165) is 19.2 Å². The quantitative estimate of drug-likeness (QED) is 0.404. The van der Waals surface area contributed by atoms with E-state index in [1.807, 2.05) is 4.90 Å². The molecule has 0 atom stereocenters. The molecule has 0 unspecified atom stereocenters. The first-order valence-electron chi connectivity index (χ1n) is 8.58. The van der Waals surface area contributed by atoms with E-state index < -0.39 is 4.92 Å². The van der Waals surface area contributed by atoms with Gasteiger partial charge in [-0.05, 0) is 37.1 Å². The standard InChI is InChI=1S/C17H19ClN6O3/c18-12-4-6-13(7-5-12)21-17-20-11-14(24(26)27)16(22-17)19-8-2-10-23-9-1-3-15(23)25/h4-7,11H,1-3,8-10H2,(H2,19,20,21,22). The summed E-state index contributed by atoms with van der Waals surface area (Å²) in [6.45, 7) is 1.87. The maximum Gasteiger partial charge on any atom is 0.329 e. The minimum absolute atomic E-state index is 0.138. The van der Waals surface area contributed by atoms with Gasteiger partial charge in [-0.1, -0.05) is 11.6 Å². The zero-order chi connectivity index (χ0) is 19.2. The number of likely N-dealkylation sites (tertiary alicyclic amines) is 1. The molecule has 2 N–H and O–H groups in total. The number of nitro groups is 1. The molecule has 0 radical (unpaired) electrons. The third kappa shape index (κ3) is 5.04. The van der Waals surface area contributed by atoms with Crippen LogP contribution in [0.15, 0.2) is 30.5 Å². The molecule has 1 amide bonds. The van der Waals surface area contributed by atoms with Gasteiger partial charge in [0.15, 0.2) is 0 Å². The normalized spacial score (nSPS) is 13.7. The van der Waals surface area contributed by atoms with Crippen LogP contribution in [-0.2, 0) is 4.79 Å². The molecule has 2 heterocycles. The average molecular weight is 391 g/mol. The Morgan fingerprint density at radius 1 is 1.30 bits per heavy atom. The second-order valence-corrected chi connectivity index (χ2v) is 6.52. The van der Waals surface area contributed by atoms with Crippen LogP contribution >= 0.6 is 11.6 Å². The van der Waals surface area contributed by atoms with Gasteiger partial charge < -0.3 is 15.5 Å². The molecule has 1 aromatic carbocycles. The van der Waals surface area contributed by atoms with E-state index in [1.165, 1.54) is 0 Å². The van der Waals surface area contributed by atoms with Crippen LogP contribution in [0.25, 0.3) is 0 Å². The van der Waals surface area contributed by atoms with Crippen LogP contribution in [-0.4, -0.2) is 45.3 Å². The number of aromatic nitrogens is 2. The number of amides is 1. The Morgan fingerprint density at radius 2 is 2.07 bits per heavy atom. The third-order valence-corrected chi connectivity index (χ3v) is 4.39. The Kier molecular flexibility index (Phi) is 6.02. The fraction of sp³-hybridized carbons (Fsp3) is 0.353. The van der Waals surface area contributed by atoms with Crippen LogP contribution < -0.4 is 10.6 Å². The molecule has 142 valence electrons. The Balaban J connectivity index is 1.63. The number of carbonyl (C=O) groups is 1. The summed E-state index contributed by atoms with van der Waals surface area (Å²) < 4.78 is 0. The molecule has 1 aliphatic heterocycles. The number of hydrogen-bond acceptors (Lipinski definition) is 7. The smallest absolute Gasteiger partial charge is 0.329 e. The molecule has 0 bridgehead atoms. The minimum atomic E-state index is -0.529. The van der Waals surface area contributed by atoms with Crippen molar-refractivity contribution in [2.45, 2.75) is 19.3 Å².